The SMILES string of the molecule is CC1(F)C[C@@H](COP(=O)(O)OP(=O)(O)OP(=O)(O)O)O[C@H]1n1cc(F)c(=S)[nH]c1=S. The third-order valence-electron chi connectivity index (χ3n) is 3.48. The first-order chi connectivity index (χ1) is 13.4. The molecule has 0 aromatic carbocycles. The van der Waals surface area contributed by atoms with Gasteiger partial charge in [-0.15, -0.1) is 0 Å². The van der Waals surface area contributed by atoms with Crippen molar-refractivity contribution >= 4 is 47.9 Å². The minimum atomic E-state index is -5.69. The van der Waals surface area contributed by atoms with Gasteiger partial charge in [-0.05, 0) is 19.1 Å². The predicted molar refractivity (Wildman–Crippen MR) is 98.3 cm³/mol. The second-order valence-electron chi connectivity index (χ2n) is 6.12. The van der Waals surface area contributed by atoms with Gasteiger partial charge in [-0.2, -0.15) is 8.62 Å². The first-order valence-electron chi connectivity index (χ1n) is 7.54. The zero-order valence-electron chi connectivity index (χ0n) is 14.7. The van der Waals surface area contributed by atoms with Gasteiger partial charge >= 0.3 is 23.5 Å². The molecule has 0 radical (unpaired) electrons. The summed E-state index contributed by atoms with van der Waals surface area (Å²) in [6.07, 6.45) is -2.34. The molecule has 172 valence electrons. The second-order valence-corrected chi connectivity index (χ2v) is 11.3. The standard InChI is InChI=1S/C10H15F2N2O11P3S2/c1-10(12)2-5(23-8(10)14-3-6(11)7(29)13-9(14)30)4-22-27(18,19)25-28(20,21)24-26(15,16)17/h3,5,8H,2,4H2,1H3,(H,18,19)(H,20,21)(H,13,29,30)(H2,15,16,17)/t5-,8+,10?/m0/s1. The van der Waals surface area contributed by atoms with E-state index in [0.717, 1.165) is 17.7 Å². The fourth-order valence-corrected chi connectivity index (χ4v) is 6.00. The van der Waals surface area contributed by atoms with Crippen LogP contribution in [0.15, 0.2) is 6.20 Å². The van der Waals surface area contributed by atoms with Crippen LogP contribution in [0.2, 0.25) is 0 Å². The van der Waals surface area contributed by atoms with Crippen LogP contribution in [-0.2, 0) is 31.6 Å². The third kappa shape index (κ3) is 7.14. The van der Waals surface area contributed by atoms with Crippen LogP contribution in [0.3, 0.4) is 0 Å². The van der Waals surface area contributed by atoms with E-state index in [1.165, 1.54) is 0 Å². The first kappa shape index (κ1) is 26.0. The number of phosphoric acid groups is 3. The van der Waals surface area contributed by atoms with Crippen LogP contribution in [0.5, 0.6) is 0 Å². The van der Waals surface area contributed by atoms with Crippen LogP contribution in [0.1, 0.15) is 19.6 Å². The van der Waals surface area contributed by atoms with E-state index in [2.05, 4.69) is 30.3 Å². The molecule has 13 nitrogen and oxygen atoms in total. The van der Waals surface area contributed by atoms with Gasteiger partial charge in [-0.3, -0.25) is 9.09 Å². The van der Waals surface area contributed by atoms with Crippen LogP contribution < -0.4 is 0 Å². The highest BCUT2D eigenvalue weighted by Crippen LogP contribution is 2.66. The fraction of sp³-hybridized carbons (Fsp3) is 0.600. The van der Waals surface area contributed by atoms with Crippen molar-refractivity contribution in [2.24, 2.45) is 0 Å². The average molecular weight is 534 g/mol. The maximum absolute atomic E-state index is 14.9. The number of rotatable bonds is 8. The van der Waals surface area contributed by atoms with Gasteiger partial charge < -0.3 is 29.3 Å². The number of hydrogen-bond donors (Lipinski definition) is 5. The molecule has 0 bridgehead atoms. The summed E-state index contributed by atoms with van der Waals surface area (Å²) in [5.74, 6) is -0.908. The zero-order chi connectivity index (χ0) is 23.1. The number of halogens is 2. The Balaban J connectivity index is 2.09. The number of alkyl halides is 1. The maximum Gasteiger partial charge on any atom is 0.490 e. The fourth-order valence-electron chi connectivity index (χ4n) is 2.49. The van der Waals surface area contributed by atoms with Gasteiger partial charge in [0.05, 0.1) is 12.7 Å². The molecule has 1 fully saturated rings. The van der Waals surface area contributed by atoms with E-state index in [1.807, 2.05) is 0 Å². The van der Waals surface area contributed by atoms with Crippen molar-refractivity contribution in [3.05, 3.63) is 21.4 Å². The van der Waals surface area contributed by atoms with E-state index in [9.17, 15) is 27.4 Å². The third-order valence-corrected chi connectivity index (χ3v) is 7.89. The Hall–Kier alpha value is -0.250. The highest BCUT2D eigenvalue weighted by Gasteiger charge is 2.48. The van der Waals surface area contributed by atoms with Gasteiger partial charge in [0.2, 0.25) is 0 Å². The van der Waals surface area contributed by atoms with Crippen molar-refractivity contribution in [3.63, 3.8) is 0 Å². The molecule has 2 heterocycles. The number of nitrogens with one attached hydrogen (secondary N) is 1. The van der Waals surface area contributed by atoms with Crippen molar-refractivity contribution in [2.45, 2.75) is 31.3 Å². The second kappa shape index (κ2) is 8.94. The molecular formula is C10H15F2N2O11P3S2. The summed E-state index contributed by atoms with van der Waals surface area (Å²) in [6, 6.07) is 0. The minimum Gasteiger partial charge on any atom is -0.349 e. The van der Waals surface area contributed by atoms with E-state index in [0.29, 0.717) is 0 Å². The topological polar surface area (TPSA) is 190 Å². The van der Waals surface area contributed by atoms with Gasteiger partial charge in [0.25, 0.3) is 0 Å². The summed E-state index contributed by atoms with van der Waals surface area (Å²) in [4.78, 5) is 37.8. The van der Waals surface area contributed by atoms with Crippen LogP contribution in [-0.4, -0.2) is 47.5 Å². The summed E-state index contributed by atoms with van der Waals surface area (Å²) < 4.78 is 79.6. The molecule has 5 N–H and O–H groups in total. The number of hydrogen-bond acceptors (Lipinski definition) is 9. The smallest absolute Gasteiger partial charge is 0.349 e. The molecule has 30 heavy (non-hydrogen) atoms. The Labute approximate surface area is 177 Å². The van der Waals surface area contributed by atoms with E-state index < -0.39 is 60.3 Å². The Bertz CT molecular complexity index is 1070. The molecule has 1 aromatic rings. The molecule has 1 saturated heterocycles. The van der Waals surface area contributed by atoms with E-state index in [4.69, 9.17) is 31.6 Å². The van der Waals surface area contributed by atoms with Crippen LogP contribution in [0.25, 0.3) is 0 Å². The van der Waals surface area contributed by atoms with Crippen molar-refractivity contribution < 1.29 is 59.9 Å². The quantitative estimate of drug-likeness (QED) is 0.242. The lowest BCUT2D eigenvalue weighted by Gasteiger charge is -2.24. The Morgan fingerprint density at radius 1 is 1.27 bits per heavy atom. The normalized spacial score (nSPS) is 28.8. The van der Waals surface area contributed by atoms with E-state index >= 15 is 0 Å². The van der Waals surface area contributed by atoms with Gasteiger partial charge in [-0.1, -0.05) is 12.2 Å². The summed E-state index contributed by atoms with van der Waals surface area (Å²) in [7, 11) is -16.6. The molecule has 1 aliphatic rings. The molecule has 1 aliphatic heterocycles. The highest BCUT2D eigenvalue weighted by atomic mass is 32.1. The van der Waals surface area contributed by atoms with Gasteiger partial charge in [0.15, 0.2) is 22.5 Å². The van der Waals surface area contributed by atoms with Crippen LogP contribution >= 0.6 is 47.9 Å². The summed E-state index contributed by atoms with van der Waals surface area (Å²) in [5, 5.41) is 0. The number of aromatic amines is 1. The van der Waals surface area contributed by atoms with Gasteiger partial charge in [-0.25, -0.2) is 22.5 Å². The highest BCUT2D eigenvalue weighted by molar-refractivity contribution is 7.72. The predicted octanol–water partition coefficient (Wildman–Crippen LogP) is 2.77. The van der Waals surface area contributed by atoms with Gasteiger partial charge in [0.1, 0.15) is 4.64 Å². The lowest BCUT2D eigenvalue weighted by molar-refractivity contribution is -0.0598. The summed E-state index contributed by atoms with van der Waals surface area (Å²) in [5.41, 5.74) is -2.16. The molecule has 1 aromatic heterocycles. The molecule has 3 unspecified atom stereocenters. The molecule has 2 rings (SSSR count). The largest absolute Gasteiger partial charge is 0.490 e. The first-order valence-corrected chi connectivity index (χ1v) is 12.9. The molecule has 0 amide bonds. The molecule has 0 aliphatic carbocycles. The molecule has 5 atom stereocenters. The van der Waals surface area contributed by atoms with Crippen LogP contribution in [0, 0.1) is 15.2 Å². The number of aromatic nitrogens is 2. The average Bonchev–Trinajstić information content (AvgIpc) is 2.80. The Morgan fingerprint density at radius 3 is 2.43 bits per heavy atom. The summed E-state index contributed by atoms with van der Waals surface area (Å²) >= 11 is 9.63. The summed E-state index contributed by atoms with van der Waals surface area (Å²) in [6.45, 7) is 0.224. The Morgan fingerprint density at radius 2 is 1.87 bits per heavy atom. The molecule has 0 spiro atoms. The molecule has 0 saturated carbocycles. The lowest BCUT2D eigenvalue weighted by Crippen LogP contribution is -2.28. The molecular weight excluding hydrogens is 519 g/mol. The van der Waals surface area contributed by atoms with Crippen molar-refractivity contribution in [2.75, 3.05) is 6.61 Å². The number of phosphoric ester groups is 1. The van der Waals surface area contributed by atoms with Crippen molar-refractivity contribution in [1.82, 2.24) is 9.55 Å². The number of H-pyrrole nitrogens is 1. The van der Waals surface area contributed by atoms with Crippen molar-refractivity contribution in [3.8, 4) is 0 Å². The van der Waals surface area contributed by atoms with Crippen molar-refractivity contribution in [1.29, 1.82) is 0 Å². The zero-order valence-corrected chi connectivity index (χ0v) is 19.0. The monoisotopic (exact) mass is 534 g/mol. The van der Waals surface area contributed by atoms with E-state index in [1.54, 1.807) is 0 Å². The van der Waals surface area contributed by atoms with Crippen LogP contribution in [0.4, 0.5) is 8.78 Å². The molecule has 20 heteroatoms. The van der Waals surface area contributed by atoms with E-state index in [-0.39, 0.29) is 9.41 Å². The Kier molecular flexibility index (Phi) is 7.75. The lowest BCUT2D eigenvalue weighted by atomic mass is 10.0. The number of ether oxygens (including phenoxy) is 1. The van der Waals surface area contributed by atoms with Gasteiger partial charge in [0, 0.05) is 12.6 Å². The number of nitrogens with zero attached hydrogens (tertiary/aromatic N) is 1. The maximum atomic E-state index is 14.9. The minimum absolute atomic E-state index is 0.163.